The Bertz CT molecular complexity index is 260. The second-order valence-corrected chi connectivity index (χ2v) is 5.61. The zero-order chi connectivity index (χ0) is 19.2. The molecule has 1 atom stereocenters. The lowest BCUT2D eigenvalue weighted by Gasteiger charge is -2.09. The van der Waals surface area contributed by atoms with Crippen LogP contribution in [-0.2, 0) is 19.1 Å². The number of carbonyl (C=O) groups excluding carboxylic acids is 1. The fourth-order valence-electron chi connectivity index (χ4n) is 1.72. The van der Waals surface area contributed by atoms with Crippen LogP contribution in [0, 0.1) is 11.8 Å². The Labute approximate surface area is 148 Å². The molecule has 0 aliphatic heterocycles. The number of hydrogen-bond donors (Lipinski definition) is 2. The summed E-state index contributed by atoms with van der Waals surface area (Å²) in [6.45, 7) is 13.2. The van der Waals surface area contributed by atoms with Gasteiger partial charge in [-0.3, -0.25) is 4.79 Å². The summed E-state index contributed by atoms with van der Waals surface area (Å²) in [5.41, 5.74) is 0. The molecule has 0 bridgehead atoms. The van der Waals surface area contributed by atoms with Crippen LogP contribution < -0.4 is 5.32 Å². The van der Waals surface area contributed by atoms with Crippen molar-refractivity contribution in [3.05, 3.63) is 0 Å². The first-order chi connectivity index (χ1) is 11.4. The molecule has 0 aliphatic carbocycles. The predicted molar refractivity (Wildman–Crippen MR) is 98.5 cm³/mol. The lowest BCUT2D eigenvalue weighted by Crippen LogP contribution is -2.16. The van der Waals surface area contributed by atoms with Gasteiger partial charge in [0.05, 0.1) is 32.8 Å². The smallest absolute Gasteiger partial charge is 0.305 e. The first kappa shape index (κ1) is 27.8. The van der Waals surface area contributed by atoms with Gasteiger partial charge in [-0.15, -0.1) is 0 Å². The summed E-state index contributed by atoms with van der Waals surface area (Å²) in [7, 11) is 1.85. The normalized spacial score (nSPS) is 11.0. The molecule has 2 N–H and O–H groups in total. The third-order valence-corrected chi connectivity index (χ3v) is 2.70. The van der Waals surface area contributed by atoms with Gasteiger partial charge in [0.2, 0.25) is 0 Å². The quantitative estimate of drug-likeness (QED) is 0.393. The highest BCUT2D eigenvalue weighted by atomic mass is 16.5. The summed E-state index contributed by atoms with van der Waals surface area (Å²) >= 11 is 0. The van der Waals surface area contributed by atoms with Crippen LogP contribution in [0.2, 0.25) is 0 Å². The minimum Gasteiger partial charge on any atom is -0.481 e. The molecule has 0 spiro atoms. The second kappa shape index (κ2) is 24.3. The molecule has 6 heteroatoms. The molecule has 0 saturated heterocycles. The van der Waals surface area contributed by atoms with E-state index in [0.29, 0.717) is 25.7 Å². The first-order valence-corrected chi connectivity index (χ1v) is 8.89. The summed E-state index contributed by atoms with van der Waals surface area (Å²) in [4.78, 5) is 20.1. The van der Waals surface area contributed by atoms with E-state index in [1.807, 2.05) is 20.9 Å². The van der Waals surface area contributed by atoms with Crippen LogP contribution >= 0.6 is 0 Å². The molecule has 0 heterocycles. The van der Waals surface area contributed by atoms with Crippen molar-refractivity contribution < 1.29 is 24.2 Å². The van der Waals surface area contributed by atoms with Crippen molar-refractivity contribution in [1.29, 1.82) is 0 Å². The van der Waals surface area contributed by atoms with Crippen LogP contribution in [0.4, 0.5) is 0 Å². The molecule has 0 aromatic rings. The lowest BCUT2D eigenvalue weighted by molar-refractivity contribution is -0.138. The molecule has 6 nitrogen and oxygen atoms in total. The van der Waals surface area contributed by atoms with E-state index < -0.39 is 5.97 Å². The summed E-state index contributed by atoms with van der Waals surface area (Å²) in [6, 6.07) is 0. The molecule has 0 rings (SSSR count). The molecule has 0 amide bonds. The largest absolute Gasteiger partial charge is 0.481 e. The van der Waals surface area contributed by atoms with Gasteiger partial charge in [-0.1, -0.05) is 34.6 Å². The summed E-state index contributed by atoms with van der Waals surface area (Å²) in [5.74, 6) is 0.457. The van der Waals surface area contributed by atoms with Crippen molar-refractivity contribution in [3.8, 4) is 0 Å². The van der Waals surface area contributed by atoms with Gasteiger partial charge in [0.25, 0.3) is 0 Å². The van der Waals surface area contributed by atoms with E-state index in [9.17, 15) is 9.59 Å². The van der Waals surface area contributed by atoms with Crippen molar-refractivity contribution in [2.45, 2.75) is 53.9 Å². The van der Waals surface area contributed by atoms with Gasteiger partial charge in [-0.05, 0) is 25.3 Å². The van der Waals surface area contributed by atoms with Crippen molar-refractivity contribution in [2.24, 2.45) is 11.8 Å². The number of aldehydes is 1. The molecule has 0 fully saturated rings. The van der Waals surface area contributed by atoms with E-state index in [1.54, 1.807) is 0 Å². The number of rotatable bonds is 13. The molecular weight excluding hydrogens is 310 g/mol. The fourth-order valence-corrected chi connectivity index (χ4v) is 1.72. The first-order valence-electron chi connectivity index (χ1n) is 8.89. The molecule has 0 saturated carbocycles. The average Bonchev–Trinajstić information content (AvgIpc) is 2.52. The van der Waals surface area contributed by atoms with E-state index in [4.69, 9.17) is 14.6 Å². The molecule has 146 valence electrons. The third-order valence-electron chi connectivity index (χ3n) is 2.70. The van der Waals surface area contributed by atoms with Gasteiger partial charge < -0.3 is 24.7 Å². The highest BCUT2D eigenvalue weighted by molar-refractivity contribution is 5.66. The van der Waals surface area contributed by atoms with Crippen LogP contribution in [-0.4, -0.2) is 57.4 Å². The van der Waals surface area contributed by atoms with Gasteiger partial charge in [0.15, 0.2) is 0 Å². The van der Waals surface area contributed by atoms with Crippen LogP contribution in [0.1, 0.15) is 53.9 Å². The topological polar surface area (TPSA) is 84.9 Å². The molecule has 0 aromatic heterocycles. The standard InChI is InChI=1S/C8H17NO4.C8H16O.C2H6/c1-9-3-5-13-7-6-12-4-2-8(10)11;1-7(2)6-8(3)4-5-9;1-2/h9H,2-7H2,1H3,(H,10,11);5,7-8H,4,6H2,1-3H3;1-2H3. The van der Waals surface area contributed by atoms with E-state index in [-0.39, 0.29) is 13.0 Å². The number of likely N-dealkylation sites (N-methyl/N-ethyl adjacent to an activating group) is 1. The van der Waals surface area contributed by atoms with E-state index in [0.717, 1.165) is 25.2 Å². The maximum Gasteiger partial charge on any atom is 0.305 e. The van der Waals surface area contributed by atoms with Gasteiger partial charge in [0.1, 0.15) is 6.29 Å². The Balaban J connectivity index is -0.000000351. The number of carbonyl (C=O) groups is 2. The highest BCUT2D eigenvalue weighted by Crippen LogP contribution is 2.12. The highest BCUT2D eigenvalue weighted by Gasteiger charge is 2.02. The molecule has 24 heavy (non-hydrogen) atoms. The number of carboxylic acid groups (broad SMARTS) is 1. The minimum atomic E-state index is -0.837. The number of aliphatic carboxylic acids is 1. The van der Waals surface area contributed by atoms with E-state index in [2.05, 4.69) is 26.1 Å². The van der Waals surface area contributed by atoms with Crippen molar-refractivity contribution in [2.75, 3.05) is 40.0 Å². The molecule has 0 aromatic carbocycles. The SMILES string of the molecule is CC.CC(C)CC(C)CC=O.CNCCOCCOCCC(=O)O. The molecule has 0 radical (unpaired) electrons. The van der Waals surface area contributed by atoms with Crippen LogP contribution in [0.3, 0.4) is 0 Å². The molecular formula is C18H39NO5. The van der Waals surface area contributed by atoms with Crippen LogP contribution in [0.15, 0.2) is 0 Å². The van der Waals surface area contributed by atoms with Gasteiger partial charge in [0, 0.05) is 13.0 Å². The third kappa shape index (κ3) is 32.8. The monoisotopic (exact) mass is 349 g/mol. The summed E-state index contributed by atoms with van der Waals surface area (Å²) in [6.07, 6.45) is 2.94. The number of ether oxygens (including phenoxy) is 2. The Morgan fingerprint density at radius 1 is 1.08 bits per heavy atom. The van der Waals surface area contributed by atoms with Gasteiger partial charge in [-0.2, -0.15) is 0 Å². The van der Waals surface area contributed by atoms with Gasteiger partial charge >= 0.3 is 5.97 Å². The number of nitrogens with one attached hydrogen (secondary N) is 1. The number of carboxylic acids is 1. The van der Waals surface area contributed by atoms with E-state index in [1.165, 1.54) is 6.42 Å². The van der Waals surface area contributed by atoms with Gasteiger partial charge in [-0.25, -0.2) is 0 Å². The lowest BCUT2D eigenvalue weighted by atomic mass is 9.97. The van der Waals surface area contributed by atoms with Crippen molar-refractivity contribution in [1.82, 2.24) is 5.32 Å². The Hall–Kier alpha value is -0.980. The van der Waals surface area contributed by atoms with Crippen LogP contribution in [0.25, 0.3) is 0 Å². The molecule has 1 unspecified atom stereocenters. The minimum absolute atomic E-state index is 0.0521. The second-order valence-electron chi connectivity index (χ2n) is 5.61. The average molecular weight is 350 g/mol. The van der Waals surface area contributed by atoms with E-state index >= 15 is 0 Å². The predicted octanol–water partition coefficient (Wildman–Crippen LogP) is 3.00. The Morgan fingerprint density at radius 2 is 1.62 bits per heavy atom. The zero-order valence-electron chi connectivity index (χ0n) is 16.5. The Kier molecular flexibility index (Phi) is 28.2. The summed E-state index contributed by atoms with van der Waals surface area (Å²) < 4.78 is 10.1. The molecule has 0 aliphatic rings. The van der Waals surface area contributed by atoms with Crippen molar-refractivity contribution >= 4 is 12.3 Å². The Morgan fingerprint density at radius 3 is 2.04 bits per heavy atom. The van der Waals surface area contributed by atoms with Crippen molar-refractivity contribution in [3.63, 3.8) is 0 Å². The number of hydrogen-bond acceptors (Lipinski definition) is 5. The maximum absolute atomic E-state index is 10.1. The fraction of sp³-hybridized carbons (Fsp3) is 0.889. The maximum atomic E-state index is 10.1. The summed E-state index contributed by atoms with van der Waals surface area (Å²) in [5, 5.41) is 11.2. The van der Waals surface area contributed by atoms with Crippen LogP contribution in [0.5, 0.6) is 0 Å². The zero-order valence-corrected chi connectivity index (χ0v) is 16.5.